The second kappa shape index (κ2) is 8.26. The number of carbonyl (C=O) groups is 1. The summed E-state index contributed by atoms with van der Waals surface area (Å²) in [5.41, 5.74) is 1.66. The highest BCUT2D eigenvalue weighted by atomic mass is 19.1. The zero-order valence-corrected chi connectivity index (χ0v) is 14.3. The standard InChI is InChI=1S/C21H24FNO2/c22-19-10-8-17(9-11-19)5-4-14-23-20(24)21(12-15-25-16-13-21)18-6-2-1-3-7-18/h1-3,6-11H,4-5,12-16H2,(H,23,24). The maximum atomic E-state index is 13.0. The van der Waals surface area contributed by atoms with Crippen molar-refractivity contribution in [3.8, 4) is 0 Å². The van der Waals surface area contributed by atoms with Gasteiger partial charge in [0.1, 0.15) is 5.82 Å². The minimum atomic E-state index is -0.491. The largest absolute Gasteiger partial charge is 0.381 e. The van der Waals surface area contributed by atoms with Crippen LogP contribution < -0.4 is 5.32 Å². The molecule has 0 spiro atoms. The molecule has 1 aliphatic heterocycles. The van der Waals surface area contributed by atoms with Crippen LogP contribution in [0.1, 0.15) is 30.4 Å². The van der Waals surface area contributed by atoms with Crippen molar-refractivity contribution in [3.05, 3.63) is 71.5 Å². The Balaban J connectivity index is 1.58. The lowest BCUT2D eigenvalue weighted by molar-refractivity contribution is -0.130. The molecule has 2 aromatic rings. The van der Waals surface area contributed by atoms with Gasteiger partial charge in [0.05, 0.1) is 5.41 Å². The molecule has 0 radical (unpaired) electrons. The predicted molar refractivity (Wildman–Crippen MR) is 95.9 cm³/mol. The van der Waals surface area contributed by atoms with Crippen LogP contribution in [0.5, 0.6) is 0 Å². The minimum Gasteiger partial charge on any atom is -0.381 e. The molecule has 3 rings (SSSR count). The van der Waals surface area contributed by atoms with E-state index in [4.69, 9.17) is 4.74 Å². The molecule has 1 amide bonds. The van der Waals surface area contributed by atoms with Crippen molar-refractivity contribution in [2.45, 2.75) is 31.1 Å². The third kappa shape index (κ3) is 4.26. The molecule has 2 aromatic carbocycles. The summed E-state index contributed by atoms with van der Waals surface area (Å²) in [5.74, 6) is -0.137. The van der Waals surface area contributed by atoms with Crippen LogP contribution in [-0.4, -0.2) is 25.7 Å². The van der Waals surface area contributed by atoms with Crippen molar-refractivity contribution in [2.24, 2.45) is 0 Å². The number of amides is 1. The Hall–Kier alpha value is -2.20. The fourth-order valence-corrected chi connectivity index (χ4v) is 3.44. The number of rotatable bonds is 6. The van der Waals surface area contributed by atoms with Gasteiger partial charge in [0.15, 0.2) is 0 Å². The topological polar surface area (TPSA) is 38.3 Å². The molecule has 1 N–H and O–H groups in total. The number of hydrogen-bond donors (Lipinski definition) is 1. The molecule has 132 valence electrons. The van der Waals surface area contributed by atoms with Crippen LogP contribution >= 0.6 is 0 Å². The van der Waals surface area contributed by atoms with Gasteiger partial charge in [-0.05, 0) is 48.9 Å². The molecular weight excluding hydrogens is 317 g/mol. The Kier molecular flexibility index (Phi) is 5.82. The van der Waals surface area contributed by atoms with E-state index in [1.54, 1.807) is 12.1 Å². The zero-order valence-electron chi connectivity index (χ0n) is 14.3. The van der Waals surface area contributed by atoms with Gasteiger partial charge in [-0.1, -0.05) is 42.5 Å². The average Bonchev–Trinajstić information content (AvgIpc) is 2.67. The number of carbonyl (C=O) groups excluding carboxylic acids is 1. The number of halogens is 1. The molecule has 1 heterocycles. The molecule has 0 saturated carbocycles. The van der Waals surface area contributed by atoms with E-state index in [-0.39, 0.29) is 11.7 Å². The third-order valence-corrected chi connectivity index (χ3v) is 4.95. The first kappa shape index (κ1) is 17.6. The van der Waals surface area contributed by atoms with Crippen molar-refractivity contribution in [1.29, 1.82) is 0 Å². The Morgan fingerprint density at radius 1 is 1.04 bits per heavy atom. The number of nitrogens with one attached hydrogen (secondary N) is 1. The summed E-state index contributed by atoms with van der Waals surface area (Å²) in [6.07, 6.45) is 3.07. The van der Waals surface area contributed by atoms with Crippen LogP contribution in [0.15, 0.2) is 54.6 Å². The molecule has 0 aliphatic carbocycles. The first-order valence-corrected chi connectivity index (χ1v) is 8.87. The molecule has 0 bridgehead atoms. The normalized spacial score (nSPS) is 16.4. The Morgan fingerprint density at radius 3 is 2.40 bits per heavy atom. The van der Waals surface area contributed by atoms with E-state index < -0.39 is 5.41 Å². The maximum absolute atomic E-state index is 13.0. The Bertz CT molecular complexity index is 679. The summed E-state index contributed by atoms with van der Waals surface area (Å²) in [7, 11) is 0. The lowest BCUT2D eigenvalue weighted by atomic mass is 9.73. The van der Waals surface area contributed by atoms with Gasteiger partial charge < -0.3 is 10.1 Å². The lowest BCUT2D eigenvalue weighted by Gasteiger charge is -2.36. The summed E-state index contributed by atoms with van der Waals surface area (Å²) in [4.78, 5) is 13.0. The summed E-state index contributed by atoms with van der Waals surface area (Å²) in [6.45, 7) is 1.83. The Labute approximate surface area is 148 Å². The SMILES string of the molecule is O=C(NCCCc1ccc(F)cc1)C1(c2ccccc2)CCOCC1. The van der Waals surface area contributed by atoms with Crippen molar-refractivity contribution in [1.82, 2.24) is 5.32 Å². The van der Waals surface area contributed by atoms with Gasteiger partial charge in [-0.2, -0.15) is 0 Å². The quantitative estimate of drug-likeness (QED) is 0.815. The molecule has 1 aliphatic rings. The van der Waals surface area contributed by atoms with E-state index in [0.717, 1.165) is 24.0 Å². The van der Waals surface area contributed by atoms with Gasteiger partial charge in [0.25, 0.3) is 0 Å². The fourth-order valence-electron chi connectivity index (χ4n) is 3.44. The smallest absolute Gasteiger partial charge is 0.230 e. The van der Waals surface area contributed by atoms with Crippen LogP contribution in [0.2, 0.25) is 0 Å². The first-order chi connectivity index (χ1) is 12.2. The second-order valence-corrected chi connectivity index (χ2v) is 6.55. The van der Waals surface area contributed by atoms with Gasteiger partial charge in [-0.3, -0.25) is 4.79 Å². The molecule has 4 heteroatoms. The van der Waals surface area contributed by atoms with Crippen molar-refractivity contribution < 1.29 is 13.9 Å². The number of hydrogen-bond acceptors (Lipinski definition) is 2. The van der Waals surface area contributed by atoms with Gasteiger partial charge in [-0.25, -0.2) is 4.39 Å². The highest BCUT2D eigenvalue weighted by molar-refractivity contribution is 5.88. The molecule has 0 aromatic heterocycles. The van der Waals surface area contributed by atoms with Gasteiger partial charge in [-0.15, -0.1) is 0 Å². The van der Waals surface area contributed by atoms with E-state index in [2.05, 4.69) is 5.32 Å². The summed E-state index contributed by atoms with van der Waals surface area (Å²) in [6, 6.07) is 16.5. The lowest BCUT2D eigenvalue weighted by Crippen LogP contribution is -2.48. The van der Waals surface area contributed by atoms with Crippen molar-refractivity contribution in [2.75, 3.05) is 19.8 Å². The van der Waals surface area contributed by atoms with E-state index in [1.165, 1.54) is 12.1 Å². The summed E-state index contributed by atoms with van der Waals surface area (Å²) < 4.78 is 18.4. The molecule has 1 fully saturated rings. The van der Waals surface area contributed by atoms with Crippen LogP contribution in [-0.2, 0) is 21.4 Å². The summed E-state index contributed by atoms with van der Waals surface area (Å²) in [5, 5.41) is 3.10. The average molecular weight is 341 g/mol. The van der Waals surface area contributed by atoms with Crippen LogP contribution in [0.25, 0.3) is 0 Å². The first-order valence-electron chi connectivity index (χ1n) is 8.87. The van der Waals surface area contributed by atoms with Gasteiger partial charge >= 0.3 is 0 Å². The monoisotopic (exact) mass is 341 g/mol. The fraction of sp³-hybridized carbons (Fsp3) is 0.381. The minimum absolute atomic E-state index is 0.0844. The molecular formula is C21H24FNO2. The molecule has 0 atom stereocenters. The molecule has 3 nitrogen and oxygen atoms in total. The van der Waals surface area contributed by atoms with Crippen LogP contribution in [0, 0.1) is 5.82 Å². The molecule has 25 heavy (non-hydrogen) atoms. The second-order valence-electron chi connectivity index (χ2n) is 6.55. The number of benzene rings is 2. The van der Waals surface area contributed by atoms with E-state index >= 15 is 0 Å². The summed E-state index contributed by atoms with van der Waals surface area (Å²) >= 11 is 0. The van der Waals surface area contributed by atoms with E-state index in [0.29, 0.717) is 32.6 Å². The van der Waals surface area contributed by atoms with Gasteiger partial charge in [0.2, 0.25) is 5.91 Å². The number of aryl methyl sites for hydroxylation is 1. The van der Waals surface area contributed by atoms with Crippen molar-refractivity contribution >= 4 is 5.91 Å². The molecule has 0 unspecified atom stereocenters. The van der Waals surface area contributed by atoms with E-state index in [9.17, 15) is 9.18 Å². The van der Waals surface area contributed by atoms with Crippen LogP contribution in [0.3, 0.4) is 0 Å². The molecule has 1 saturated heterocycles. The van der Waals surface area contributed by atoms with E-state index in [1.807, 2.05) is 30.3 Å². The highest BCUT2D eigenvalue weighted by Crippen LogP contribution is 2.35. The maximum Gasteiger partial charge on any atom is 0.230 e. The highest BCUT2D eigenvalue weighted by Gasteiger charge is 2.41. The van der Waals surface area contributed by atoms with Crippen LogP contribution in [0.4, 0.5) is 4.39 Å². The zero-order chi connectivity index (χ0) is 17.5. The third-order valence-electron chi connectivity index (χ3n) is 4.95. The van der Waals surface area contributed by atoms with Gasteiger partial charge in [0, 0.05) is 19.8 Å². The predicted octanol–water partition coefficient (Wildman–Crippen LogP) is 3.62. The number of ether oxygens (including phenoxy) is 1. The van der Waals surface area contributed by atoms with Crippen molar-refractivity contribution in [3.63, 3.8) is 0 Å². The Morgan fingerprint density at radius 2 is 1.72 bits per heavy atom.